The smallest absolute Gasteiger partial charge is 0.140 e. The van der Waals surface area contributed by atoms with Crippen molar-refractivity contribution in [1.82, 2.24) is 0 Å². The summed E-state index contributed by atoms with van der Waals surface area (Å²) in [5.74, 6) is 0.0779. The monoisotopic (exact) mass is 170 g/mol. The van der Waals surface area contributed by atoms with Gasteiger partial charge in [-0.25, -0.2) is 0 Å². The summed E-state index contributed by atoms with van der Waals surface area (Å²) in [7, 11) is 0. The highest BCUT2D eigenvalue weighted by Crippen LogP contribution is 2.04. The second-order valence-electron chi connectivity index (χ2n) is 3.23. The number of hydrogen-bond acceptors (Lipinski definition) is 2. The average molecular weight is 170 g/mol. The molecule has 0 aliphatic heterocycles. The van der Waals surface area contributed by atoms with Gasteiger partial charge in [0.2, 0.25) is 0 Å². The van der Waals surface area contributed by atoms with Crippen molar-refractivity contribution < 1.29 is 9.59 Å². The van der Waals surface area contributed by atoms with Gasteiger partial charge in [0.05, 0.1) is 6.42 Å². The first-order valence-electron chi connectivity index (χ1n) is 4.68. The van der Waals surface area contributed by atoms with E-state index in [1.54, 1.807) is 0 Å². The first-order valence-corrected chi connectivity index (χ1v) is 4.68. The van der Waals surface area contributed by atoms with Gasteiger partial charge in [-0.3, -0.25) is 9.59 Å². The number of carbonyl (C=O) groups is 2. The van der Waals surface area contributed by atoms with Crippen molar-refractivity contribution >= 4 is 11.6 Å². The molecule has 0 aliphatic rings. The van der Waals surface area contributed by atoms with Crippen molar-refractivity contribution in [3.63, 3.8) is 0 Å². The highest BCUT2D eigenvalue weighted by atomic mass is 16.1. The lowest BCUT2D eigenvalue weighted by atomic mass is 10.1. The zero-order valence-electron chi connectivity index (χ0n) is 8.06. The number of ketones is 2. The molecule has 0 saturated heterocycles. The fourth-order valence-corrected chi connectivity index (χ4v) is 1.11. The molecular weight excluding hydrogens is 152 g/mol. The third-order valence-corrected chi connectivity index (χ3v) is 1.76. The van der Waals surface area contributed by atoms with Crippen LogP contribution in [0.3, 0.4) is 0 Å². The van der Waals surface area contributed by atoms with E-state index in [4.69, 9.17) is 0 Å². The molecular formula is C10H18O2. The van der Waals surface area contributed by atoms with Gasteiger partial charge in [0.25, 0.3) is 0 Å². The van der Waals surface area contributed by atoms with Crippen LogP contribution in [0.5, 0.6) is 0 Å². The van der Waals surface area contributed by atoms with Gasteiger partial charge in [-0.15, -0.1) is 0 Å². The molecule has 0 aromatic carbocycles. The van der Waals surface area contributed by atoms with E-state index in [2.05, 4.69) is 6.92 Å². The van der Waals surface area contributed by atoms with E-state index in [-0.39, 0.29) is 18.0 Å². The molecule has 0 aromatic heterocycles. The maximum absolute atomic E-state index is 11.0. The Morgan fingerprint density at radius 2 is 1.75 bits per heavy atom. The van der Waals surface area contributed by atoms with E-state index in [9.17, 15) is 9.59 Å². The normalized spacial score (nSPS) is 9.83. The lowest BCUT2D eigenvalue weighted by Gasteiger charge is -1.97. The van der Waals surface area contributed by atoms with E-state index in [0.717, 1.165) is 12.8 Å². The van der Waals surface area contributed by atoms with Crippen molar-refractivity contribution in [3.05, 3.63) is 0 Å². The Kier molecular flexibility index (Phi) is 6.63. The Bertz CT molecular complexity index is 150. The molecule has 0 unspecified atom stereocenters. The fourth-order valence-electron chi connectivity index (χ4n) is 1.11. The summed E-state index contributed by atoms with van der Waals surface area (Å²) in [6.45, 7) is 3.60. The predicted molar refractivity (Wildman–Crippen MR) is 49.1 cm³/mol. The second kappa shape index (κ2) is 7.01. The number of Topliss-reactive ketones (excluding diaryl/α,β-unsaturated/α-hetero) is 2. The van der Waals surface area contributed by atoms with Crippen LogP contribution in [0.2, 0.25) is 0 Å². The molecule has 0 heterocycles. The van der Waals surface area contributed by atoms with Crippen LogP contribution < -0.4 is 0 Å². The van der Waals surface area contributed by atoms with Gasteiger partial charge in [0, 0.05) is 6.42 Å². The molecule has 0 bridgehead atoms. The maximum atomic E-state index is 11.0. The minimum atomic E-state index is -0.0181. The van der Waals surface area contributed by atoms with Crippen LogP contribution in [-0.4, -0.2) is 11.6 Å². The number of carbonyl (C=O) groups excluding carboxylic acids is 2. The molecule has 0 rings (SSSR count). The van der Waals surface area contributed by atoms with Crippen molar-refractivity contribution in [2.45, 2.75) is 52.4 Å². The first-order chi connectivity index (χ1) is 5.66. The summed E-state index contributed by atoms with van der Waals surface area (Å²) in [6, 6.07) is 0. The molecule has 12 heavy (non-hydrogen) atoms. The van der Waals surface area contributed by atoms with Crippen molar-refractivity contribution in [2.75, 3.05) is 0 Å². The Morgan fingerprint density at radius 1 is 1.08 bits per heavy atom. The largest absolute Gasteiger partial charge is 0.300 e. The van der Waals surface area contributed by atoms with Gasteiger partial charge < -0.3 is 0 Å². The summed E-state index contributed by atoms with van der Waals surface area (Å²) in [4.78, 5) is 21.5. The molecule has 0 spiro atoms. The van der Waals surface area contributed by atoms with Crippen molar-refractivity contribution in [1.29, 1.82) is 0 Å². The lowest BCUT2D eigenvalue weighted by molar-refractivity contribution is -0.125. The minimum Gasteiger partial charge on any atom is -0.300 e. The number of rotatable bonds is 7. The van der Waals surface area contributed by atoms with Crippen LogP contribution in [0.1, 0.15) is 52.4 Å². The van der Waals surface area contributed by atoms with Gasteiger partial charge in [0.1, 0.15) is 11.6 Å². The summed E-state index contributed by atoms with van der Waals surface area (Å²) in [5.41, 5.74) is 0. The summed E-state index contributed by atoms with van der Waals surface area (Å²) in [5, 5.41) is 0. The van der Waals surface area contributed by atoms with Crippen molar-refractivity contribution in [3.8, 4) is 0 Å². The Balaban J connectivity index is 3.26. The van der Waals surface area contributed by atoms with Gasteiger partial charge in [-0.05, 0) is 13.3 Å². The second-order valence-corrected chi connectivity index (χ2v) is 3.23. The van der Waals surface area contributed by atoms with Gasteiger partial charge in [-0.1, -0.05) is 26.2 Å². The van der Waals surface area contributed by atoms with Crippen LogP contribution in [0.15, 0.2) is 0 Å². The average Bonchev–Trinajstić information content (AvgIpc) is 1.97. The molecule has 0 radical (unpaired) electrons. The summed E-state index contributed by atoms with van der Waals surface area (Å²) >= 11 is 0. The van der Waals surface area contributed by atoms with Crippen LogP contribution in [0, 0.1) is 0 Å². The molecule has 0 saturated carbocycles. The SMILES string of the molecule is CCCCCCC(=O)CC(C)=O. The molecule has 70 valence electrons. The summed E-state index contributed by atoms with van der Waals surface area (Å²) in [6.07, 6.45) is 5.14. The molecule has 0 amide bonds. The molecule has 0 N–H and O–H groups in total. The quantitative estimate of drug-likeness (QED) is 0.434. The zero-order chi connectivity index (χ0) is 9.40. The Labute approximate surface area is 74.3 Å². The lowest BCUT2D eigenvalue weighted by Crippen LogP contribution is -2.03. The van der Waals surface area contributed by atoms with E-state index in [0.29, 0.717) is 6.42 Å². The molecule has 0 fully saturated rings. The minimum absolute atomic E-state index is 0.0181. The van der Waals surface area contributed by atoms with Crippen molar-refractivity contribution in [2.24, 2.45) is 0 Å². The number of hydrogen-bond donors (Lipinski definition) is 0. The van der Waals surface area contributed by atoms with Gasteiger partial charge in [-0.2, -0.15) is 0 Å². The summed E-state index contributed by atoms with van der Waals surface area (Å²) < 4.78 is 0. The predicted octanol–water partition coefficient (Wildman–Crippen LogP) is 2.51. The van der Waals surface area contributed by atoms with Crippen LogP contribution in [0.4, 0.5) is 0 Å². The highest BCUT2D eigenvalue weighted by molar-refractivity contribution is 5.97. The third-order valence-electron chi connectivity index (χ3n) is 1.76. The number of unbranched alkanes of at least 4 members (excludes halogenated alkanes) is 3. The molecule has 0 aliphatic carbocycles. The molecule has 2 heteroatoms. The topological polar surface area (TPSA) is 34.1 Å². The zero-order valence-corrected chi connectivity index (χ0v) is 8.06. The van der Waals surface area contributed by atoms with Crippen LogP contribution in [0.25, 0.3) is 0 Å². The van der Waals surface area contributed by atoms with Gasteiger partial charge >= 0.3 is 0 Å². The van der Waals surface area contributed by atoms with E-state index >= 15 is 0 Å². The van der Waals surface area contributed by atoms with Crippen LogP contribution in [-0.2, 0) is 9.59 Å². The first kappa shape index (κ1) is 11.3. The third kappa shape index (κ3) is 7.45. The Morgan fingerprint density at radius 3 is 2.25 bits per heavy atom. The maximum Gasteiger partial charge on any atom is 0.140 e. The molecule has 0 atom stereocenters. The standard InChI is InChI=1S/C10H18O2/c1-3-4-5-6-7-10(12)8-9(2)11/h3-8H2,1-2H3. The van der Waals surface area contributed by atoms with E-state index < -0.39 is 0 Å². The highest BCUT2D eigenvalue weighted by Gasteiger charge is 2.03. The van der Waals surface area contributed by atoms with Crippen LogP contribution >= 0.6 is 0 Å². The molecule has 2 nitrogen and oxygen atoms in total. The van der Waals surface area contributed by atoms with Gasteiger partial charge in [0.15, 0.2) is 0 Å². The van der Waals surface area contributed by atoms with E-state index in [1.165, 1.54) is 19.8 Å². The fraction of sp³-hybridized carbons (Fsp3) is 0.800. The van der Waals surface area contributed by atoms with E-state index in [1.807, 2.05) is 0 Å². The Hall–Kier alpha value is -0.660. The molecule has 0 aromatic rings.